The summed E-state index contributed by atoms with van der Waals surface area (Å²) in [7, 11) is -1.63. The van der Waals surface area contributed by atoms with E-state index < -0.39 is 9.84 Å². The van der Waals surface area contributed by atoms with Gasteiger partial charge in [0, 0.05) is 42.2 Å². The van der Waals surface area contributed by atoms with Crippen molar-refractivity contribution in [1.82, 2.24) is 9.55 Å². The second-order valence-electron chi connectivity index (χ2n) is 6.57. The number of rotatable bonds is 4. The van der Waals surface area contributed by atoms with Gasteiger partial charge in [-0.25, -0.2) is 8.42 Å². The summed E-state index contributed by atoms with van der Waals surface area (Å²) in [5, 5.41) is 0.795. The molecule has 0 radical (unpaired) electrons. The number of H-pyrrole nitrogens is 1. The summed E-state index contributed by atoms with van der Waals surface area (Å²) in [5.74, 6) is 0.986. The standard InChI is InChI=1S/C21H18N2O4S/c1-23-13-18(17-10-11-22-20(17)21(23)24)16-8-3-4-9-19(16)27-14-6-5-7-15(12-14)28(2,25)26/h3-13,22H,1-2H3. The van der Waals surface area contributed by atoms with Gasteiger partial charge in [-0.15, -0.1) is 0 Å². The van der Waals surface area contributed by atoms with Crippen molar-refractivity contribution in [1.29, 1.82) is 0 Å². The summed E-state index contributed by atoms with van der Waals surface area (Å²) < 4.78 is 31.2. The minimum absolute atomic E-state index is 0.108. The highest BCUT2D eigenvalue weighted by atomic mass is 32.2. The molecule has 0 amide bonds. The van der Waals surface area contributed by atoms with Crippen LogP contribution >= 0.6 is 0 Å². The van der Waals surface area contributed by atoms with E-state index in [1.165, 1.54) is 16.7 Å². The molecule has 0 saturated heterocycles. The number of para-hydroxylation sites is 1. The number of benzene rings is 2. The fraction of sp³-hybridized carbons (Fsp3) is 0.0952. The molecule has 0 bridgehead atoms. The molecule has 7 heteroatoms. The lowest BCUT2D eigenvalue weighted by atomic mass is 10.0. The van der Waals surface area contributed by atoms with Crippen LogP contribution in [-0.2, 0) is 16.9 Å². The van der Waals surface area contributed by atoms with Crippen LogP contribution in [0.15, 0.2) is 76.7 Å². The molecule has 0 spiro atoms. The first kappa shape index (κ1) is 18.1. The first-order chi connectivity index (χ1) is 13.3. The Kier molecular flexibility index (Phi) is 4.31. The lowest BCUT2D eigenvalue weighted by molar-refractivity contribution is 0.482. The largest absolute Gasteiger partial charge is 0.457 e. The highest BCUT2D eigenvalue weighted by molar-refractivity contribution is 7.90. The molecule has 2 aromatic heterocycles. The predicted octanol–water partition coefficient (Wildman–Crippen LogP) is 3.73. The summed E-state index contributed by atoms with van der Waals surface area (Å²) in [6.07, 6.45) is 4.66. The Morgan fingerprint density at radius 1 is 1.00 bits per heavy atom. The van der Waals surface area contributed by atoms with Crippen molar-refractivity contribution in [3.63, 3.8) is 0 Å². The van der Waals surface area contributed by atoms with Crippen LogP contribution in [-0.4, -0.2) is 24.2 Å². The molecular formula is C21H18N2O4S. The van der Waals surface area contributed by atoms with E-state index in [1.54, 1.807) is 31.6 Å². The minimum atomic E-state index is -3.33. The molecule has 0 saturated carbocycles. The van der Waals surface area contributed by atoms with Gasteiger partial charge in [0.1, 0.15) is 17.0 Å². The maximum absolute atomic E-state index is 12.3. The molecule has 6 nitrogen and oxygen atoms in total. The van der Waals surface area contributed by atoms with Crippen molar-refractivity contribution in [3.8, 4) is 22.6 Å². The fourth-order valence-electron chi connectivity index (χ4n) is 3.16. The van der Waals surface area contributed by atoms with Crippen molar-refractivity contribution >= 4 is 20.7 Å². The number of ether oxygens (including phenoxy) is 1. The van der Waals surface area contributed by atoms with Crippen LogP contribution in [0.25, 0.3) is 22.0 Å². The SMILES string of the molecule is Cn1cc(-c2ccccc2Oc2cccc(S(C)(=O)=O)c2)c2cc[nH]c2c1=O. The number of aryl methyl sites for hydroxylation is 1. The Morgan fingerprint density at radius 2 is 1.79 bits per heavy atom. The van der Waals surface area contributed by atoms with Gasteiger partial charge in [0.2, 0.25) is 0 Å². The Labute approximate surface area is 161 Å². The van der Waals surface area contributed by atoms with Crippen LogP contribution in [0.2, 0.25) is 0 Å². The highest BCUT2D eigenvalue weighted by Crippen LogP contribution is 2.36. The maximum Gasteiger partial charge on any atom is 0.274 e. The summed E-state index contributed by atoms with van der Waals surface area (Å²) in [6.45, 7) is 0. The number of hydrogen-bond donors (Lipinski definition) is 1. The lowest BCUT2D eigenvalue weighted by Crippen LogP contribution is -2.16. The topological polar surface area (TPSA) is 81.2 Å². The van der Waals surface area contributed by atoms with Crippen molar-refractivity contribution in [2.24, 2.45) is 7.05 Å². The average Bonchev–Trinajstić information content (AvgIpc) is 3.15. The van der Waals surface area contributed by atoms with E-state index in [2.05, 4.69) is 4.98 Å². The Morgan fingerprint density at radius 3 is 2.57 bits per heavy atom. The highest BCUT2D eigenvalue weighted by Gasteiger charge is 2.15. The number of nitrogens with one attached hydrogen (secondary N) is 1. The van der Waals surface area contributed by atoms with E-state index in [1.807, 2.05) is 30.3 Å². The summed E-state index contributed by atoms with van der Waals surface area (Å²) >= 11 is 0. The molecule has 2 aromatic carbocycles. The Balaban J connectivity index is 1.85. The van der Waals surface area contributed by atoms with Crippen LogP contribution in [0.1, 0.15) is 0 Å². The quantitative estimate of drug-likeness (QED) is 0.572. The van der Waals surface area contributed by atoms with Gasteiger partial charge in [-0.3, -0.25) is 4.79 Å². The number of pyridine rings is 1. The van der Waals surface area contributed by atoms with Gasteiger partial charge in [0.15, 0.2) is 9.84 Å². The van der Waals surface area contributed by atoms with Gasteiger partial charge < -0.3 is 14.3 Å². The molecule has 142 valence electrons. The van der Waals surface area contributed by atoms with Crippen molar-refractivity contribution < 1.29 is 13.2 Å². The van der Waals surface area contributed by atoms with Gasteiger partial charge in [0.05, 0.1) is 4.90 Å². The second-order valence-corrected chi connectivity index (χ2v) is 8.59. The van der Waals surface area contributed by atoms with Gasteiger partial charge in [-0.1, -0.05) is 24.3 Å². The lowest BCUT2D eigenvalue weighted by Gasteiger charge is -2.13. The summed E-state index contributed by atoms with van der Waals surface area (Å²) in [4.78, 5) is 15.5. The molecule has 0 aliphatic rings. The minimum Gasteiger partial charge on any atom is -0.457 e. The number of sulfone groups is 1. The molecule has 28 heavy (non-hydrogen) atoms. The zero-order valence-electron chi connectivity index (χ0n) is 15.3. The van der Waals surface area contributed by atoms with Gasteiger partial charge in [-0.2, -0.15) is 0 Å². The van der Waals surface area contributed by atoms with E-state index in [-0.39, 0.29) is 10.5 Å². The summed E-state index contributed by atoms with van der Waals surface area (Å²) in [5.41, 5.74) is 2.05. The molecule has 4 rings (SSSR count). The second kappa shape index (κ2) is 6.69. The third-order valence-corrected chi connectivity index (χ3v) is 5.64. The van der Waals surface area contributed by atoms with Gasteiger partial charge >= 0.3 is 0 Å². The summed E-state index contributed by atoms with van der Waals surface area (Å²) in [6, 6.07) is 15.7. The molecule has 0 atom stereocenters. The molecule has 0 aliphatic carbocycles. The molecule has 1 N–H and O–H groups in total. The molecule has 2 heterocycles. The predicted molar refractivity (Wildman–Crippen MR) is 109 cm³/mol. The zero-order chi connectivity index (χ0) is 19.9. The van der Waals surface area contributed by atoms with Crippen LogP contribution in [0.4, 0.5) is 0 Å². The van der Waals surface area contributed by atoms with Crippen molar-refractivity contribution in [2.45, 2.75) is 4.90 Å². The molecule has 0 aliphatic heterocycles. The van der Waals surface area contributed by atoms with Crippen LogP contribution in [0, 0.1) is 0 Å². The number of nitrogens with zero attached hydrogens (tertiary/aromatic N) is 1. The maximum atomic E-state index is 12.3. The number of aromatic amines is 1. The van der Waals surface area contributed by atoms with E-state index >= 15 is 0 Å². The first-order valence-corrected chi connectivity index (χ1v) is 10.5. The van der Waals surface area contributed by atoms with Crippen molar-refractivity contribution in [2.75, 3.05) is 6.26 Å². The first-order valence-electron chi connectivity index (χ1n) is 8.59. The van der Waals surface area contributed by atoms with E-state index in [9.17, 15) is 13.2 Å². The average molecular weight is 394 g/mol. The molecule has 0 unspecified atom stereocenters. The van der Waals surface area contributed by atoms with Crippen LogP contribution < -0.4 is 10.3 Å². The monoisotopic (exact) mass is 394 g/mol. The van der Waals surface area contributed by atoms with Gasteiger partial charge in [0.25, 0.3) is 5.56 Å². The number of fused-ring (bicyclic) bond motifs is 1. The molecule has 4 aromatic rings. The number of aromatic nitrogens is 2. The normalized spacial score (nSPS) is 11.6. The van der Waals surface area contributed by atoms with E-state index in [0.717, 1.165) is 22.8 Å². The number of hydrogen-bond acceptors (Lipinski definition) is 4. The van der Waals surface area contributed by atoms with E-state index in [0.29, 0.717) is 17.0 Å². The van der Waals surface area contributed by atoms with Crippen molar-refractivity contribution in [3.05, 3.63) is 77.3 Å². The Hall–Kier alpha value is -3.32. The Bertz CT molecular complexity index is 1350. The third-order valence-electron chi connectivity index (χ3n) is 4.53. The zero-order valence-corrected chi connectivity index (χ0v) is 16.2. The molecular weight excluding hydrogens is 376 g/mol. The van der Waals surface area contributed by atoms with Gasteiger partial charge in [-0.05, 0) is 30.3 Å². The third kappa shape index (κ3) is 3.20. The van der Waals surface area contributed by atoms with Crippen LogP contribution in [0.3, 0.4) is 0 Å². The molecule has 0 fully saturated rings. The van der Waals surface area contributed by atoms with E-state index in [4.69, 9.17) is 4.74 Å². The van der Waals surface area contributed by atoms with Crippen LogP contribution in [0.5, 0.6) is 11.5 Å². The smallest absolute Gasteiger partial charge is 0.274 e. The fourth-order valence-corrected chi connectivity index (χ4v) is 3.81.